The zero-order valence-electron chi connectivity index (χ0n) is 11.0. The van der Waals surface area contributed by atoms with Crippen molar-refractivity contribution in [2.24, 2.45) is 0 Å². The molecule has 0 saturated carbocycles. The number of para-hydroxylation sites is 1. The van der Waals surface area contributed by atoms with Crippen LogP contribution in [-0.4, -0.2) is 35.4 Å². The van der Waals surface area contributed by atoms with E-state index in [2.05, 4.69) is 0 Å². The first-order valence-electron chi connectivity index (χ1n) is 5.57. The Morgan fingerprint density at radius 1 is 0.905 bits per heavy atom. The zero-order valence-corrected chi connectivity index (χ0v) is 11.8. The van der Waals surface area contributed by atoms with Gasteiger partial charge < -0.3 is 20.1 Å². The lowest BCUT2D eigenvalue weighted by Crippen LogP contribution is -1.97. The van der Waals surface area contributed by atoms with E-state index in [1.54, 1.807) is 0 Å². The maximum Gasteiger partial charge on any atom is 0.294 e. The second kappa shape index (κ2) is 6.82. The minimum Gasteiger partial charge on any atom is -0.504 e. The van der Waals surface area contributed by atoms with Crippen LogP contribution < -0.4 is 4.74 Å². The molecule has 0 aliphatic heterocycles. The van der Waals surface area contributed by atoms with Gasteiger partial charge >= 0.3 is 0 Å². The maximum absolute atomic E-state index is 10.5. The quantitative estimate of drug-likeness (QED) is 0.491. The van der Waals surface area contributed by atoms with E-state index in [1.165, 1.54) is 49.6 Å². The zero-order chi connectivity index (χ0) is 16.0. The van der Waals surface area contributed by atoms with Gasteiger partial charge in [-0.2, -0.15) is 8.42 Å². The third kappa shape index (κ3) is 4.86. The van der Waals surface area contributed by atoms with Gasteiger partial charge in [0.1, 0.15) is 5.75 Å². The second-order valence-corrected chi connectivity index (χ2v) is 5.22. The summed E-state index contributed by atoms with van der Waals surface area (Å²) in [5, 5.41) is 26.1. The summed E-state index contributed by atoms with van der Waals surface area (Å²) in [6.45, 7) is 0. The smallest absolute Gasteiger partial charge is 0.294 e. The Morgan fingerprint density at radius 3 is 1.71 bits per heavy atom. The number of ether oxygens (including phenoxy) is 1. The first-order valence-corrected chi connectivity index (χ1v) is 7.01. The fraction of sp³-hybridized carbons (Fsp3) is 0.0769. The molecule has 8 heteroatoms. The largest absolute Gasteiger partial charge is 0.504 e. The molecule has 0 unspecified atom stereocenters. The van der Waals surface area contributed by atoms with Crippen LogP contribution in [0.1, 0.15) is 0 Å². The lowest BCUT2D eigenvalue weighted by Gasteiger charge is -1.99. The Kier molecular flexibility index (Phi) is 5.39. The Balaban J connectivity index is 0.000000219. The van der Waals surface area contributed by atoms with Crippen LogP contribution in [0, 0.1) is 0 Å². The Bertz CT molecular complexity index is 673. The highest BCUT2D eigenvalue weighted by molar-refractivity contribution is 7.85. The topological polar surface area (TPSA) is 124 Å². The van der Waals surface area contributed by atoms with E-state index in [9.17, 15) is 8.42 Å². The van der Waals surface area contributed by atoms with Crippen molar-refractivity contribution in [3.63, 3.8) is 0 Å². The van der Waals surface area contributed by atoms with Crippen molar-refractivity contribution >= 4 is 10.1 Å². The highest BCUT2D eigenvalue weighted by Crippen LogP contribution is 2.32. The van der Waals surface area contributed by atoms with Crippen molar-refractivity contribution in [1.29, 1.82) is 0 Å². The lowest BCUT2D eigenvalue weighted by molar-refractivity contribution is 0.368. The van der Waals surface area contributed by atoms with E-state index in [0.717, 1.165) is 0 Å². The third-order valence-corrected chi connectivity index (χ3v) is 3.22. The van der Waals surface area contributed by atoms with Crippen molar-refractivity contribution in [2.75, 3.05) is 7.11 Å². The van der Waals surface area contributed by atoms with Crippen molar-refractivity contribution in [2.45, 2.75) is 4.90 Å². The SMILES string of the molecule is COc1ccc(S(=O)(=O)O)cc1.Oc1cccc(O)c1O. The number of phenolic OH excluding ortho intramolecular Hbond substituents is 3. The van der Waals surface area contributed by atoms with Crippen LogP contribution in [0.4, 0.5) is 0 Å². The minimum atomic E-state index is -4.08. The summed E-state index contributed by atoms with van der Waals surface area (Å²) in [5.41, 5.74) is 0. The second-order valence-electron chi connectivity index (χ2n) is 3.80. The number of rotatable bonds is 2. The van der Waals surface area contributed by atoms with E-state index in [1.807, 2.05) is 0 Å². The summed E-state index contributed by atoms with van der Waals surface area (Å²) in [6.07, 6.45) is 0. The van der Waals surface area contributed by atoms with Crippen LogP contribution in [0.2, 0.25) is 0 Å². The molecule has 0 fully saturated rings. The first kappa shape index (κ1) is 16.6. The Morgan fingerprint density at radius 2 is 1.38 bits per heavy atom. The van der Waals surface area contributed by atoms with Crippen molar-refractivity contribution in [3.05, 3.63) is 42.5 Å². The monoisotopic (exact) mass is 314 g/mol. The van der Waals surface area contributed by atoms with Gasteiger partial charge in [-0.3, -0.25) is 4.55 Å². The number of hydrogen-bond acceptors (Lipinski definition) is 6. The standard InChI is InChI=1S/C7H8O4S.C6H6O3/c1-11-6-2-4-7(5-3-6)12(8,9)10;7-4-2-1-3-5(8)6(4)9/h2-5H,1H3,(H,8,9,10);1-3,7-9H. The van der Waals surface area contributed by atoms with Crippen LogP contribution in [-0.2, 0) is 10.1 Å². The highest BCUT2D eigenvalue weighted by atomic mass is 32.2. The maximum atomic E-state index is 10.5. The van der Waals surface area contributed by atoms with Gasteiger partial charge in [-0.05, 0) is 36.4 Å². The molecular formula is C13H14O7S. The van der Waals surface area contributed by atoms with E-state index in [4.69, 9.17) is 24.6 Å². The number of benzene rings is 2. The van der Waals surface area contributed by atoms with E-state index in [0.29, 0.717) is 5.75 Å². The molecule has 114 valence electrons. The fourth-order valence-corrected chi connectivity index (χ4v) is 1.75. The fourth-order valence-electron chi connectivity index (χ4n) is 1.27. The minimum absolute atomic E-state index is 0.136. The van der Waals surface area contributed by atoms with Crippen LogP contribution in [0.25, 0.3) is 0 Å². The molecule has 2 aromatic carbocycles. The molecule has 2 rings (SSSR count). The first-order chi connectivity index (χ1) is 9.75. The lowest BCUT2D eigenvalue weighted by atomic mass is 10.3. The van der Waals surface area contributed by atoms with Crippen molar-refractivity contribution in [3.8, 4) is 23.0 Å². The van der Waals surface area contributed by atoms with Crippen LogP contribution in [0.5, 0.6) is 23.0 Å². The van der Waals surface area contributed by atoms with Crippen molar-refractivity contribution in [1.82, 2.24) is 0 Å². The molecule has 0 bridgehead atoms. The molecule has 0 saturated heterocycles. The average molecular weight is 314 g/mol. The molecule has 0 amide bonds. The van der Waals surface area contributed by atoms with Gasteiger partial charge in [0, 0.05) is 0 Å². The van der Waals surface area contributed by atoms with E-state index < -0.39 is 15.9 Å². The molecular weight excluding hydrogens is 300 g/mol. The van der Waals surface area contributed by atoms with Crippen LogP contribution in [0.15, 0.2) is 47.4 Å². The van der Waals surface area contributed by atoms with E-state index >= 15 is 0 Å². The molecule has 0 spiro atoms. The van der Waals surface area contributed by atoms with Gasteiger partial charge in [0.25, 0.3) is 10.1 Å². The van der Waals surface area contributed by atoms with Gasteiger partial charge in [0.15, 0.2) is 17.2 Å². The molecule has 0 heterocycles. The molecule has 0 aliphatic carbocycles. The van der Waals surface area contributed by atoms with Gasteiger partial charge in [0.2, 0.25) is 0 Å². The van der Waals surface area contributed by atoms with Crippen LogP contribution in [0.3, 0.4) is 0 Å². The molecule has 0 atom stereocenters. The number of hydrogen-bond donors (Lipinski definition) is 4. The summed E-state index contributed by atoms with van der Waals surface area (Å²) in [6, 6.07) is 9.48. The van der Waals surface area contributed by atoms with Gasteiger partial charge in [-0.1, -0.05) is 6.07 Å². The number of aromatic hydroxyl groups is 3. The summed E-state index contributed by atoms with van der Waals surface area (Å²) in [4.78, 5) is -0.136. The van der Waals surface area contributed by atoms with Crippen molar-refractivity contribution < 1.29 is 33.0 Å². The summed E-state index contributed by atoms with van der Waals surface area (Å²) >= 11 is 0. The van der Waals surface area contributed by atoms with Crippen LogP contribution >= 0.6 is 0 Å². The molecule has 0 radical (unpaired) electrons. The molecule has 0 aliphatic rings. The third-order valence-electron chi connectivity index (χ3n) is 2.35. The summed E-state index contributed by atoms with van der Waals surface area (Å²) in [7, 11) is -2.61. The Hall–Kier alpha value is -2.45. The van der Waals surface area contributed by atoms with Gasteiger partial charge in [-0.25, -0.2) is 0 Å². The highest BCUT2D eigenvalue weighted by Gasteiger charge is 2.07. The molecule has 0 aromatic heterocycles. The predicted octanol–water partition coefficient (Wildman–Crippen LogP) is 1.75. The Labute approximate surface area is 121 Å². The predicted molar refractivity (Wildman–Crippen MR) is 74.2 cm³/mol. The van der Waals surface area contributed by atoms with E-state index in [-0.39, 0.29) is 16.4 Å². The number of phenols is 3. The summed E-state index contributed by atoms with van der Waals surface area (Å²) in [5.74, 6) is -0.551. The number of methoxy groups -OCH3 is 1. The van der Waals surface area contributed by atoms with Gasteiger partial charge in [0.05, 0.1) is 12.0 Å². The van der Waals surface area contributed by atoms with Gasteiger partial charge in [-0.15, -0.1) is 0 Å². The molecule has 2 aromatic rings. The molecule has 7 nitrogen and oxygen atoms in total. The normalized spacial score (nSPS) is 10.4. The molecule has 21 heavy (non-hydrogen) atoms. The average Bonchev–Trinajstić information content (AvgIpc) is 2.44. The molecule has 4 N–H and O–H groups in total. The summed E-state index contributed by atoms with van der Waals surface area (Å²) < 4.78 is 34.5.